The largest absolute Gasteiger partial charge is 0.299 e. The van der Waals surface area contributed by atoms with Crippen LogP contribution >= 0.6 is 11.3 Å². The van der Waals surface area contributed by atoms with E-state index in [0.717, 1.165) is 6.29 Å². The van der Waals surface area contributed by atoms with E-state index in [4.69, 9.17) is 0 Å². The molecule has 0 aromatic carbocycles. The van der Waals surface area contributed by atoms with Crippen molar-refractivity contribution in [3.8, 4) is 0 Å². The Morgan fingerprint density at radius 3 is 2.64 bits per heavy atom. The second-order valence-electron chi connectivity index (χ2n) is 2.40. The molecule has 0 aliphatic rings. The molecular formula is C9H10OS. The summed E-state index contributed by atoms with van der Waals surface area (Å²) in [4.78, 5) is 11.2. The summed E-state index contributed by atoms with van der Waals surface area (Å²) in [6, 6.07) is 0. The van der Waals surface area contributed by atoms with Crippen LogP contribution in [0.3, 0.4) is 0 Å². The average molecular weight is 166 g/mol. The van der Waals surface area contributed by atoms with E-state index >= 15 is 0 Å². The number of rotatable bonds is 2. The molecule has 1 rings (SSSR count). The van der Waals surface area contributed by atoms with Gasteiger partial charge in [-0.1, -0.05) is 0 Å². The monoisotopic (exact) mass is 166 g/mol. The lowest BCUT2D eigenvalue weighted by molar-refractivity contribution is -0.104. The van der Waals surface area contributed by atoms with Gasteiger partial charge in [0.15, 0.2) is 0 Å². The number of carbonyl (C=O) groups excluding carboxylic acids is 1. The number of hydrogen-bond acceptors (Lipinski definition) is 2. The van der Waals surface area contributed by atoms with Gasteiger partial charge in [0, 0.05) is 4.88 Å². The van der Waals surface area contributed by atoms with Gasteiger partial charge in [0.25, 0.3) is 0 Å². The molecule has 1 aromatic heterocycles. The Balaban J connectivity index is 2.95. The lowest BCUT2D eigenvalue weighted by Crippen LogP contribution is -1.72. The third-order valence-electron chi connectivity index (χ3n) is 1.65. The fraction of sp³-hybridized carbons (Fsp3) is 0.222. The van der Waals surface area contributed by atoms with Crippen LogP contribution in [-0.4, -0.2) is 6.29 Å². The Bertz CT molecular complexity index is 284. The molecule has 11 heavy (non-hydrogen) atoms. The maximum Gasteiger partial charge on any atom is 0.142 e. The molecule has 0 aliphatic heterocycles. The lowest BCUT2D eigenvalue weighted by Gasteiger charge is -1.89. The number of carbonyl (C=O) groups is 1. The predicted octanol–water partition coefficient (Wildman–Crippen LogP) is 2.58. The van der Waals surface area contributed by atoms with Gasteiger partial charge in [-0.2, -0.15) is 0 Å². The molecule has 58 valence electrons. The molecule has 0 radical (unpaired) electrons. The fourth-order valence-corrected chi connectivity index (χ4v) is 1.79. The normalized spacial score (nSPS) is 10.7. The summed E-state index contributed by atoms with van der Waals surface area (Å²) in [7, 11) is 0. The zero-order chi connectivity index (χ0) is 8.27. The van der Waals surface area contributed by atoms with Gasteiger partial charge in [-0.25, -0.2) is 0 Å². The minimum absolute atomic E-state index is 0.800. The Morgan fingerprint density at radius 2 is 2.18 bits per heavy atom. The maximum absolute atomic E-state index is 10.0. The number of aldehydes is 1. The topological polar surface area (TPSA) is 17.1 Å². The van der Waals surface area contributed by atoms with Crippen LogP contribution in [-0.2, 0) is 4.79 Å². The van der Waals surface area contributed by atoms with Gasteiger partial charge in [-0.3, -0.25) is 4.79 Å². The highest BCUT2D eigenvalue weighted by atomic mass is 32.1. The standard InChI is InChI=1S/C9H10OS/c1-7-6-11-9(8(7)2)4-3-5-10/h3-6H,1-2H3. The number of hydrogen-bond donors (Lipinski definition) is 0. The average Bonchev–Trinajstić information content (AvgIpc) is 2.31. The molecule has 0 unspecified atom stereocenters. The van der Waals surface area contributed by atoms with Gasteiger partial charge < -0.3 is 0 Å². The summed E-state index contributed by atoms with van der Waals surface area (Å²) in [5.41, 5.74) is 2.56. The molecule has 0 saturated heterocycles. The molecule has 0 aliphatic carbocycles. The SMILES string of the molecule is Cc1csc(C=CC=O)c1C. The first kappa shape index (κ1) is 8.21. The number of thiophene rings is 1. The van der Waals surface area contributed by atoms with Crippen molar-refractivity contribution in [1.29, 1.82) is 0 Å². The van der Waals surface area contributed by atoms with Crippen LogP contribution in [0.5, 0.6) is 0 Å². The Hall–Kier alpha value is -0.890. The van der Waals surface area contributed by atoms with Gasteiger partial charge in [0.2, 0.25) is 0 Å². The van der Waals surface area contributed by atoms with Crippen LogP contribution in [0.2, 0.25) is 0 Å². The highest BCUT2D eigenvalue weighted by molar-refractivity contribution is 7.11. The Kier molecular flexibility index (Phi) is 2.60. The molecule has 1 nitrogen and oxygen atoms in total. The summed E-state index contributed by atoms with van der Waals surface area (Å²) in [5, 5.41) is 2.10. The van der Waals surface area contributed by atoms with Crippen molar-refractivity contribution in [2.75, 3.05) is 0 Å². The zero-order valence-corrected chi connectivity index (χ0v) is 7.44. The van der Waals surface area contributed by atoms with E-state index in [1.807, 2.05) is 6.08 Å². The van der Waals surface area contributed by atoms with E-state index < -0.39 is 0 Å². The van der Waals surface area contributed by atoms with Crippen LogP contribution in [0.25, 0.3) is 6.08 Å². The first-order valence-corrected chi connectivity index (χ1v) is 4.30. The van der Waals surface area contributed by atoms with Crippen molar-refractivity contribution in [1.82, 2.24) is 0 Å². The molecule has 1 heterocycles. The summed E-state index contributed by atoms with van der Waals surface area (Å²) in [6.45, 7) is 4.14. The molecule has 0 saturated carbocycles. The minimum atomic E-state index is 0.800. The molecule has 0 bridgehead atoms. The molecule has 0 atom stereocenters. The molecule has 1 aromatic rings. The Labute approximate surface area is 70.4 Å². The van der Waals surface area contributed by atoms with E-state index in [9.17, 15) is 4.79 Å². The van der Waals surface area contributed by atoms with Crippen LogP contribution < -0.4 is 0 Å². The lowest BCUT2D eigenvalue weighted by atomic mass is 10.2. The summed E-state index contributed by atoms with van der Waals surface area (Å²) in [6.07, 6.45) is 4.17. The first-order chi connectivity index (χ1) is 5.25. The summed E-state index contributed by atoms with van der Waals surface area (Å²) >= 11 is 1.67. The van der Waals surface area contributed by atoms with Crippen molar-refractivity contribution in [2.45, 2.75) is 13.8 Å². The molecule has 0 fully saturated rings. The van der Waals surface area contributed by atoms with Gasteiger partial charge in [0.1, 0.15) is 6.29 Å². The first-order valence-electron chi connectivity index (χ1n) is 3.42. The Morgan fingerprint density at radius 1 is 1.45 bits per heavy atom. The smallest absolute Gasteiger partial charge is 0.142 e. The van der Waals surface area contributed by atoms with Crippen molar-refractivity contribution in [3.63, 3.8) is 0 Å². The molecular weight excluding hydrogens is 156 g/mol. The van der Waals surface area contributed by atoms with Crippen molar-refractivity contribution >= 4 is 23.7 Å². The van der Waals surface area contributed by atoms with Crippen molar-refractivity contribution in [3.05, 3.63) is 27.5 Å². The molecule has 2 heteroatoms. The van der Waals surface area contributed by atoms with Gasteiger partial charge in [-0.05, 0) is 42.5 Å². The minimum Gasteiger partial charge on any atom is -0.299 e. The highest BCUT2D eigenvalue weighted by Crippen LogP contribution is 2.21. The van der Waals surface area contributed by atoms with Crippen LogP contribution in [0.15, 0.2) is 11.5 Å². The number of aryl methyl sites for hydroxylation is 1. The van der Waals surface area contributed by atoms with E-state index in [1.54, 1.807) is 11.3 Å². The summed E-state index contributed by atoms with van der Waals surface area (Å²) in [5.74, 6) is 0. The molecule has 0 spiro atoms. The van der Waals surface area contributed by atoms with Gasteiger partial charge in [-0.15, -0.1) is 11.3 Å². The van der Waals surface area contributed by atoms with E-state index in [-0.39, 0.29) is 0 Å². The predicted molar refractivity (Wildman–Crippen MR) is 48.9 cm³/mol. The van der Waals surface area contributed by atoms with E-state index in [2.05, 4.69) is 19.2 Å². The summed E-state index contributed by atoms with van der Waals surface area (Å²) < 4.78 is 0. The number of allylic oxidation sites excluding steroid dienone is 1. The van der Waals surface area contributed by atoms with Crippen LogP contribution in [0.4, 0.5) is 0 Å². The van der Waals surface area contributed by atoms with E-state index in [1.165, 1.54) is 22.1 Å². The molecule has 0 N–H and O–H groups in total. The van der Waals surface area contributed by atoms with Gasteiger partial charge >= 0.3 is 0 Å². The second kappa shape index (κ2) is 3.49. The van der Waals surface area contributed by atoms with E-state index in [0.29, 0.717) is 0 Å². The van der Waals surface area contributed by atoms with Crippen molar-refractivity contribution in [2.24, 2.45) is 0 Å². The van der Waals surface area contributed by atoms with Crippen molar-refractivity contribution < 1.29 is 4.79 Å². The third-order valence-corrected chi connectivity index (χ3v) is 2.82. The van der Waals surface area contributed by atoms with Gasteiger partial charge in [0.05, 0.1) is 0 Å². The quantitative estimate of drug-likeness (QED) is 0.487. The van der Waals surface area contributed by atoms with Crippen LogP contribution in [0, 0.1) is 13.8 Å². The van der Waals surface area contributed by atoms with Crippen LogP contribution in [0.1, 0.15) is 16.0 Å². The second-order valence-corrected chi connectivity index (χ2v) is 3.31. The molecule has 0 amide bonds. The third kappa shape index (κ3) is 1.77. The highest BCUT2D eigenvalue weighted by Gasteiger charge is 1.98. The fourth-order valence-electron chi connectivity index (χ4n) is 0.814. The zero-order valence-electron chi connectivity index (χ0n) is 6.63. The maximum atomic E-state index is 10.0.